The van der Waals surface area contributed by atoms with Gasteiger partial charge in [0.25, 0.3) is 0 Å². The number of para-hydroxylation sites is 4. The van der Waals surface area contributed by atoms with Crippen LogP contribution in [-0.2, 0) is 5.41 Å². The molecule has 11 aromatic rings. The molecule has 0 unspecified atom stereocenters. The van der Waals surface area contributed by atoms with E-state index in [9.17, 15) is 5.48 Å². The number of anilines is 6. The van der Waals surface area contributed by atoms with Crippen LogP contribution >= 0.6 is 11.3 Å². The molecule has 0 amide bonds. The standard InChI is InChI=1S/C59H40N2S/c1-5-19-45(20-6-1)60(46-21-7-2-8-22-46)49-32-35-55-53(39-49)54-40-50(61(47-23-9-3-10-24-47)48-25-11-4-12-26-48)33-36-56(54)59(55,43-30-29-41-17-13-14-18-42(41)37-43)44-31-34-52-51-27-15-16-28-57(51)62-58(52)38-44/h1-40H/i13D,14D,17D,18D,29D,30D,37D. The van der Waals surface area contributed by atoms with Gasteiger partial charge in [0.05, 0.1) is 15.0 Å². The first-order valence-electron chi connectivity index (χ1n) is 24.2. The first kappa shape index (κ1) is 29.5. The summed E-state index contributed by atoms with van der Waals surface area (Å²) in [4.78, 5) is 4.43. The van der Waals surface area contributed by atoms with E-state index >= 15 is 0 Å². The van der Waals surface area contributed by atoms with Gasteiger partial charge in [-0.2, -0.15) is 0 Å². The Balaban J connectivity index is 1.24. The lowest BCUT2D eigenvalue weighted by Crippen LogP contribution is -2.28. The van der Waals surface area contributed by atoms with Crippen LogP contribution in [0.3, 0.4) is 0 Å². The minimum Gasteiger partial charge on any atom is -0.310 e. The molecule has 1 aliphatic carbocycles. The lowest BCUT2D eigenvalue weighted by molar-refractivity contribution is 0.771. The van der Waals surface area contributed by atoms with E-state index < -0.39 is 29.6 Å². The van der Waals surface area contributed by atoms with Gasteiger partial charge in [-0.3, -0.25) is 0 Å². The van der Waals surface area contributed by atoms with Crippen molar-refractivity contribution in [2.24, 2.45) is 0 Å². The molecular formula is C59H40N2S. The van der Waals surface area contributed by atoms with Crippen LogP contribution in [0.15, 0.2) is 242 Å². The summed E-state index contributed by atoms with van der Waals surface area (Å²) < 4.78 is 67.7. The minimum absolute atomic E-state index is 0.0822. The van der Waals surface area contributed by atoms with Gasteiger partial charge in [-0.05, 0) is 135 Å². The molecule has 0 aliphatic heterocycles. The van der Waals surface area contributed by atoms with E-state index in [-0.39, 0.29) is 34.5 Å². The van der Waals surface area contributed by atoms with Crippen molar-refractivity contribution < 1.29 is 9.60 Å². The number of fused-ring (bicyclic) bond motifs is 7. The molecule has 0 radical (unpaired) electrons. The van der Waals surface area contributed by atoms with Crippen LogP contribution in [0.5, 0.6) is 0 Å². The maximum Gasteiger partial charge on any atom is 0.0714 e. The molecule has 1 aliphatic rings. The van der Waals surface area contributed by atoms with E-state index in [1.165, 1.54) is 0 Å². The van der Waals surface area contributed by atoms with Crippen LogP contribution in [0.1, 0.15) is 31.8 Å². The van der Waals surface area contributed by atoms with Crippen molar-refractivity contribution in [1.29, 1.82) is 0 Å². The second-order valence-corrected chi connectivity index (χ2v) is 16.6. The summed E-state index contributed by atoms with van der Waals surface area (Å²) in [6, 6.07) is 65.6. The Morgan fingerprint density at radius 2 is 0.855 bits per heavy atom. The molecule has 0 saturated heterocycles. The number of rotatable bonds is 8. The molecule has 0 saturated carbocycles. The third kappa shape index (κ3) is 5.78. The van der Waals surface area contributed by atoms with Crippen molar-refractivity contribution in [2.45, 2.75) is 5.41 Å². The van der Waals surface area contributed by atoms with Crippen LogP contribution in [0.2, 0.25) is 0 Å². The second kappa shape index (κ2) is 14.8. The van der Waals surface area contributed by atoms with Gasteiger partial charge in [-0.25, -0.2) is 0 Å². The molecular weight excluding hydrogens is 769 g/mol. The quantitative estimate of drug-likeness (QED) is 0.151. The van der Waals surface area contributed by atoms with Crippen LogP contribution in [0, 0.1) is 0 Å². The van der Waals surface area contributed by atoms with Gasteiger partial charge >= 0.3 is 0 Å². The lowest BCUT2D eigenvalue weighted by atomic mass is 9.67. The van der Waals surface area contributed by atoms with Gasteiger partial charge in [0.1, 0.15) is 0 Å². The molecule has 1 aromatic heterocycles. The fourth-order valence-corrected chi connectivity index (χ4v) is 10.6. The van der Waals surface area contributed by atoms with Crippen LogP contribution in [0.25, 0.3) is 42.1 Å². The molecule has 0 bridgehead atoms. The molecule has 62 heavy (non-hydrogen) atoms. The van der Waals surface area contributed by atoms with E-state index in [1.54, 1.807) is 11.3 Å². The van der Waals surface area contributed by atoms with Crippen molar-refractivity contribution >= 4 is 76.4 Å². The maximum absolute atomic E-state index is 10.3. The summed E-state index contributed by atoms with van der Waals surface area (Å²) in [6.45, 7) is 0. The Bertz CT molecular complexity index is 3620. The Kier molecular flexibility index (Phi) is 7.03. The SMILES string of the molecule is [2H]c1c([2H])c([2H])c2c([2H])c(C3(c4ccc5c(c4)sc4ccccc45)c4ccc(N(c5ccccc5)c5ccccc5)cc4-c4cc(N(c5ccccc5)c5ccccc5)ccc43)c([2H])c([2H])c2c1[2H]. The predicted molar refractivity (Wildman–Crippen MR) is 264 cm³/mol. The molecule has 0 N–H and O–H groups in total. The summed E-state index contributed by atoms with van der Waals surface area (Å²) in [5.74, 6) is 0. The topological polar surface area (TPSA) is 6.48 Å². The number of thiophene rings is 1. The highest BCUT2D eigenvalue weighted by Crippen LogP contribution is 2.59. The number of benzene rings is 10. The van der Waals surface area contributed by atoms with Crippen molar-refractivity contribution in [3.8, 4) is 11.1 Å². The van der Waals surface area contributed by atoms with Crippen LogP contribution < -0.4 is 9.80 Å². The lowest BCUT2D eigenvalue weighted by Gasteiger charge is -2.35. The Hall–Kier alpha value is -7.72. The summed E-state index contributed by atoms with van der Waals surface area (Å²) in [6.07, 6.45) is 0. The molecule has 0 fully saturated rings. The van der Waals surface area contributed by atoms with Crippen molar-refractivity contribution in [2.75, 3.05) is 9.80 Å². The highest BCUT2D eigenvalue weighted by Gasteiger charge is 2.47. The van der Waals surface area contributed by atoms with E-state index in [1.807, 2.05) is 84.9 Å². The molecule has 2 nitrogen and oxygen atoms in total. The summed E-state index contributed by atoms with van der Waals surface area (Å²) in [5.41, 5.74) is 8.42. The maximum atomic E-state index is 10.3. The fourth-order valence-electron chi connectivity index (χ4n) is 9.44. The smallest absolute Gasteiger partial charge is 0.0714 e. The molecule has 3 heteroatoms. The normalized spacial score (nSPS) is 14.2. The van der Waals surface area contributed by atoms with E-state index in [2.05, 4.69) is 125 Å². The van der Waals surface area contributed by atoms with E-state index in [4.69, 9.17) is 4.11 Å². The van der Waals surface area contributed by atoms with Gasteiger partial charge in [0, 0.05) is 54.3 Å². The summed E-state index contributed by atoms with van der Waals surface area (Å²) in [7, 11) is 0. The molecule has 12 rings (SSSR count). The third-order valence-electron chi connectivity index (χ3n) is 12.1. The monoisotopic (exact) mass is 815 g/mol. The molecule has 292 valence electrons. The average Bonchev–Trinajstić information content (AvgIpc) is 3.90. The zero-order valence-electron chi connectivity index (χ0n) is 40.4. The Labute approximate surface area is 375 Å². The van der Waals surface area contributed by atoms with Gasteiger partial charge < -0.3 is 9.80 Å². The summed E-state index contributed by atoms with van der Waals surface area (Å²) in [5, 5.41) is 1.98. The number of hydrogen-bond acceptors (Lipinski definition) is 3. The van der Waals surface area contributed by atoms with Crippen LogP contribution in [0.4, 0.5) is 34.1 Å². The largest absolute Gasteiger partial charge is 0.310 e. The molecule has 0 atom stereocenters. The fraction of sp³-hybridized carbons (Fsp3) is 0.0169. The van der Waals surface area contributed by atoms with Gasteiger partial charge in [0.2, 0.25) is 0 Å². The van der Waals surface area contributed by atoms with Crippen molar-refractivity contribution in [1.82, 2.24) is 0 Å². The molecule has 1 heterocycles. The highest BCUT2D eigenvalue weighted by atomic mass is 32.1. The highest BCUT2D eigenvalue weighted by molar-refractivity contribution is 7.25. The second-order valence-electron chi connectivity index (χ2n) is 15.5. The van der Waals surface area contributed by atoms with Crippen LogP contribution in [-0.4, -0.2) is 0 Å². The predicted octanol–water partition coefficient (Wildman–Crippen LogP) is 16.5. The zero-order chi connectivity index (χ0) is 47.1. The number of nitrogens with zero attached hydrogens (tertiary/aromatic N) is 2. The van der Waals surface area contributed by atoms with Crippen molar-refractivity contribution in [3.63, 3.8) is 0 Å². The minimum atomic E-state index is -1.42. The Morgan fingerprint density at radius 1 is 0.371 bits per heavy atom. The molecule has 0 spiro atoms. The van der Waals surface area contributed by atoms with E-state index in [0.717, 1.165) is 82.1 Å². The van der Waals surface area contributed by atoms with Crippen molar-refractivity contribution in [3.05, 3.63) is 265 Å². The first-order valence-corrected chi connectivity index (χ1v) is 21.5. The van der Waals surface area contributed by atoms with Gasteiger partial charge in [-0.1, -0.05) is 152 Å². The Morgan fingerprint density at radius 3 is 1.40 bits per heavy atom. The average molecular weight is 816 g/mol. The molecule has 10 aromatic carbocycles. The summed E-state index contributed by atoms with van der Waals surface area (Å²) >= 11 is 1.67. The first-order chi connectivity index (χ1) is 33.7. The van der Waals surface area contributed by atoms with Gasteiger partial charge in [0.15, 0.2) is 0 Å². The van der Waals surface area contributed by atoms with Gasteiger partial charge in [-0.15, -0.1) is 11.3 Å². The number of hydrogen-bond donors (Lipinski definition) is 0. The third-order valence-corrected chi connectivity index (χ3v) is 13.2. The van der Waals surface area contributed by atoms with E-state index in [0.29, 0.717) is 0 Å². The zero-order valence-corrected chi connectivity index (χ0v) is 34.2.